The summed E-state index contributed by atoms with van der Waals surface area (Å²) in [5.74, 6) is -1.43. The fraction of sp³-hybridized carbons (Fsp3) is 0.286. The molecule has 5 nitrogen and oxygen atoms in total. The summed E-state index contributed by atoms with van der Waals surface area (Å²) >= 11 is 12.1. The average molecular weight is 329 g/mol. The molecule has 1 aromatic heterocycles. The first-order valence-electron chi connectivity index (χ1n) is 6.35. The third-order valence-corrected chi connectivity index (χ3v) is 3.69. The highest BCUT2D eigenvalue weighted by molar-refractivity contribution is 6.39. The normalized spacial score (nSPS) is 12.3. The van der Waals surface area contributed by atoms with Crippen molar-refractivity contribution in [1.29, 1.82) is 0 Å². The lowest BCUT2D eigenvalue weighted by Gasteiger charge is -2.09. The predicted molar refractivity (Wildman–Crippen MR) is 82.1 cm³/mol. The number of nitrogens with one attached hydrogen (secondary N) is 2. The Kier molecular flexibility index (Phi) is 4.75. The van der Waals surface area contributed by atoms with E-state index in [1.54, 1.807) is 25.1 Å². The summed E-state index contributed by atoms with van der Waals surface area (Å²) in [4.78, 5) is 25.6. The molecule has 1 amide bonds. The van der Waals surface area contributed by atoms with E-state index < -0.39 is 5.97 Å². The number of amides is 1. The second kappa shape index (κ2) is 6.37. The van der Waals surface area contributed by atoms with Crippen LogP contribution in [-0.4, -0.2) is 28.5 Å². The van der Waals surface area contributed by atoms with Gasteiger partial charge < -0.3 is 15.4 Å². The fourth-order valence-electron chi connectivity index (χ4n) is 2.01. The standard InChI is InChI=1S/C14H14Cl2N2O3/c1-7(4-11(19)20)6-17-14(21)13-12(16)9-5-8(15)2-3-10(9)18-13/h2-3,5,7,18H,4,6H2,1H3,(H,17,21)(H,19,20). The van der Waals surface area contributed by atoms with Crippen molar-refractivity contribution in [3.05, 3.63) is 33.9 Å². The quantitative estimate of drug-likeness (QED) is 0.787. The summed E-state index contributed by atoms with van der Waals surface area (Å²) in [6.07, 6.45) is -0.00365. The number of hydrogen-bond donors (Lipinski definition) is 3. The Balaban J connectivity index is 2.13. The largest absolute Gasteiger partial charge is 0.481 e. The molecular formula is C14H14Cl2N2O3. The van der Waals surface area contributed by atoms with Crippen LogP contribution in [0.15, 0.2) is 18.2 Å². The molecule has 1 heterocycles. The number of H-pyrrole nitrogens is 1. The molecular weight excluding hydrogens is 315 g/mol. The molecule has 2 rings (SSSR count). The molecule has 0 aliphatic rings. The van der Waals surface area contributed by atoms with E-state index in [1.165, 1.54) is 0 Å². The smallest absolute Gasteiger partial charge is 0.303 e. The second-order valence-electron chi connectivity index (χ2n) is 4.92. The summed E-state index contributed by atoms with van der Waals surface area (Å²) in [5, 5.41) is 12.9. The fourth-order valence-corrected chi connectivity index (χ4v) is 2.47. The van der Waals surface area contributed by atoms with Crippen molar-refractivity contribution in [3.8, 4) is 0 Å². The Hall–Kier alpha value is -1.72. The summed E-state index contributed by atoms with van der Waals surface area (Å²) in [7, 11) is 0. The van der Waals surface area contributed by atoms with Gasteiger partial charge in [-0.25, -0.2) is 0 Å². The number of carboxylic acids is 1. The van der Waals surface area contributed by atoms with Gasteiger partial charge in [0.05, 0.1) is 5.02 Å². The Morgan fingerprint density at radius 2 is 2.10 bits per heavy atom. The van der Waals surface area contributed by atoms with Gasteiger partial charge in [-0.1, -0.05) is 30.1 Å². The highest BCUT2D eigenvalue weighted by Gasteiger charge is 2.17. The lowest BCUT2D eigenvalue weighted by Crippen LogP contribution is -2.29. The van der Waals surface area contributed by atoms with Crippen molar-refractivity contribution >= 4 is 46.0 Å². The highest BCUT2D eigenvalue weighted by Crippen LogP contribution is 2.29. The first-order valence-corrected chi connectivity index (χ1v) is 7.10. The zero-order valence-corrected chi connectivity index (χ0v) is 12.8. The minimum atomic E-state index is -0.893. The van der Waals surface area contributed by atoms with Crippen LogP contribution in [0.25, 0.3) is 10.9 Å². The first-order chi connectivity index (χ1) is 9.88. The molecule has 112 valence electrons. The molecule has 1 atom stereocenters. The van der Waals surface area contributed by atoms with Gasteiger partial charge in [0.25, 0.3) is 5.91 Å². The molecule has 0 radical (unpaired) electrons. The molecule has 0 spiro atoms. The zero-order chi connectivity index (χ0) is 15.6. The number of aromatic amines is 1. The number of hydrogen-bond acceptors (Lipinski definition) is 2. The lowest BCUT2D eigenvalue weighted by molar-refractivity contribution is -0.137. The van der Waals surface area contributed by atoms with Crippen molar-refractivity contribution in [1.82, 2.24) is 10.3 Å². The molecule has 0 bridgehead atoms. The van der Waals surface area contributed by atoms with E-state index in [0.717, 1.165) is 0 Å². The van der Waals surface area contributed by atoms with Crippen LogP contribution >= 0.6 is 23.2 Å². The van der Waals surface area contributed by atoms with Gasteiger partial charge in [0.2, 0.25) is 0 Å². The van der Waals surface area contributed by atoms with E-state index in [2.05, 4.69) is 10.3 Å². The lowest BCUT2D eigenvalue weighted by atomic mass is 10.1. The topological polar surface area (TPSA) is 82.2 Å². The second-order valence-corrected chi connectivity index (χ2v) is 5.73. The summed E-state index contributed by atoms with van der Waals surface area (Å²) in [5.41, 5.74) is 0.963. The molecule has 0 fully saturated rings. The Bertz CT molecular complexity index is 697. The molecule has 3 N–H and O–H groups in total. The first kappa shape index (κ1) is 15.7. The van der Waals surface area contributed by atoms with Crippen LogP contribution in [0.5, 0.6) is 0 Å². The third kappa shape index (κ3) is 3.68. The number of carbonyl (C=O) groups excluding carboxylic acids is 1. The number of aromatic nitrogens is 1. The number of carbonyl (C=O) groups is 2. The highest BCUT2D eigenvalue weighted by atomic mass is 35.5. The van der Waals surface area contributed by atoms with E-state index >= 15 is 0 Å². The van der Waals surface area contributed by atoms with Gasteiger partial charge in [0.15, 0.2) is 0 Å². The maximum absolute atomic E-state index is 12.1. The SMILES string of the molecule is CC(CNC(=O)c1[nH]c2ccc(Cl)cc2c1Cl)CC(=O)O. The maximum atomic E-state index is 12.1. The molecule has 2 aromatic rings. The van der Waals surface area contributed by atoms with Crippen LogP contribution < -0.4 is 5.32 Å². The summed E-state index contributed by atoms with van der Waals surface area (Å²) in [6.45, 7) is 2.01. The van der Waals surface area contributed by atoms with Crippen LogP contribution in [-0.2, 0) is 4.79 Å². The van der Waals surface area contributed by atoms with Gasteiger partial charge in [-0.2, -0.15) is 0 Å². The molecule has 1 unspecified atom stereocenters. The van der Waals surface area contributed by atoms with Gasteiger partial charge in [0, 0.05) is 28.9 Å². The maximum Gasteiger partial charge on any atom is 0.303 e. The van der Waals surface area contributed by atoms with Crippen LogP contribution in [0.4, 0.5) is 0 Å². The Morgan fingerprint density at radius 1 is 1.38 bits per heavy atom. The van der Waals surface area contributed by atoms with Gasteiger partial charge in [-0.15, -0.1) is 0 Å². The molecule has 0 saturated heterocycles. The third-order valence-electron chi connectivity index (χ3n) is 3.06. The van der Waals surface area contributed by atoms with Crippen molar-refractivity contribution in [2.75, 3.05) is 6.54 Å². The van der Waals surface area contributed by atoms with Crippen molar-refractivity contribution in [3.63, 3.8) is 0 Å². The van der Waals surface area contributed by atoms with Crippen molar-refractivity contribution in [2.45, 2.75) is 13.3 Å². The van der Waals surface area contributed by atoms with E-state index in [1.807, 2.05) is 0 Å². The molecule has 0 aliphatic carbocycles. The monoisotopic (exact) mass is 328 g/mol. The molecule has 7 heteroatoms. The van der Waals surface area contributed by atoms with Gasteiger partial charge in [-0.3, -0.25) is 9.59 Å². The van der Waals surface area contributed by atoms with Crippen LogP contribution in [0.2, 0.25) is 10.0 Å². The van der Waals surface area contributed by atoms with Crippen LogP contribution in [0, 0.1) is 5.92 Å². The van der Waals surface area contributed by atoms with Crippen molar-refractivity contribution in [2.24, 2.45) is 5.92 Å². The minimum Gasteiger partial charge on any atom is -0.481 e. The van der Waals surface area contributed by atoms with Gasteiger partial charge in [-0.05, 0) is 24.1 Å². The predicted octanol–water partition coefficient (Wildman–Crippen LogP) is 3.32. The number of aliphatic carboxylic acids is 1. The molecule has 1 aromatic carbocycles. The number of rotatable bonds is 5. The van der Waals surface area contributed by atoms with Gasteiger partial charge >= 0.3 is 5.97 Å². The van der Waals surface area contributed by atoms with Crippen LogP contribution in [0.1, 0.15) is 23.8 Å². The molecule has 0 saturated carbocycles. The van der Waals surface area contributed by atoms with E-state index in [0.29, 0.717) is 20.9 Å². The number of fused-ring (bicyclic) bond motifs is 1. The Labute approximate surface area is 131 Å². The van der Waals surface area contributed by atoms with E-state index in [4.69, 9.17) is 28.3 Å². The minimum absolute atomic E-state index is 0.00365. The molecule has 21 heavy (non-hydrogen) atoms. The zero-order valence-electron chi connectivity index (χ0n) is 11.2. The van der Waals surface area contributed by atoms with Gasteiger partial charge in [0.1, 0.15) is 5.69 Å². The number of halogens is 2. The van der Waals surface area contributed by atoms with Crippen molar-refractivity contribution < 1.29 is 14.7 Å². The van der Waals surface area contributed by atoms with E-state index in [-0.39, 0.29) is 30.5 Å². The van der Waals surface area contributed by atoms with Crippen LogP contribution in [0.3, 0.4) is 0 Å². The number of carboxylic acid groups (broad SMARTS) is 1. The number of benzene rings is 1. The average Bonchev–Trinajstić information content (AvgIpc) is 2.73. The Morgan fingerprint density at radius 3 is 2.76 bits per heavy atom. The van der Waals surface area contributed by atoms with E-state index in [9.17, 15) is 9.59 Å². The summed E-state index contributed by atoms with van der Waals surface area (Å²) in [6, 6.07) is 5.13. The summed E-state index contributed by atoms with van der Waals surface area (Å²) < 4.78 is 0. The molecule has 0 aliphatic heterocycles.